The maximum atomic E-state index is 13.1. The molecule has 0 unspecified atom stereocenters. The first kappa shape index (κ1) is 14.2. The van der Waals surface area contributed by atoms with E-state index in [1.54, 1.807) is 12.1 Å². The van der Waals surface area contributed by atoms with Crippen molar-refractivity contribution in [2.45, 2.75) is 33.0 Å². The summed E-state index contributed by atoms with van der Waals surface area (Å²) in [7, 11) is 0. The van der Waals surface area contributed by atoms with Crippen molar-refractivity contribution in [1.82, 2.24) is 0 Å². The zero-order valence-corrected chi connectivity index (χ0v) is 11.2. The maximum Gasteiger partial charge on any atom is 0.418 e. The van der Waals surface area contributed by atoms with E-state index >= 15 is 0 Å². The highest BCUT2D eigenvalue weighted by molar-refractivity contribution is 5.57. The highest BCUT2D eigenvalue weighted by Crippen LogP contribution is 2.40. The Morgan fingerprint density at radius 3 is 2.47 bits per heavy atom. The summed E-state index contributed by atoms with van der Waals surface area (Å²) in [6.07, 6.45) is -3.43. The Hall–Kier alpha value is -1.23. The monoisotopic (exact) mass is 272 g/mol. The summed E-state index contributed by atoms with van der Waals surface area (Å²) in [4.78, 5) is 1.82. The van der Waals surface area contributed by atoms with E-state index in [2.05, 4.69) is 13.8 Å². The third kappa shape index (κ3) is 3.03. The fraction of sp³-hybridized carbons (Fsp3) is 0.571. The summed E-state index contributed by atoms with van der Waals surface area (Å²) in [6, 6.07) is 4.39. The molecule has 1 aliphatic heterocycles. The van der Waals surface area contributed by atoms with Crippen LogP contribution < -0.4 is 10.6 Å². The fourth-order valence-corrected chi connectivity index (χ4v) is 2.53. The number of nitrogens with two attached hydrogens (primary N) is 1. The Balaban J connectivity index is 2.40. The number of benzene rings is 1. The van der Waals surface area contributed by atoms with Crippen molar-refractivity contribution in [3.05, 3.63) is 29.3 Å². The van der Waals surface area contributed by atoms with Gasteiger partial charge in [0.05, 0.1) is 5.56 Å². The average Bonchev–Trinajstić information content (AvgIpc) is 2.67. The second-order valence-corrected chi connectivity index (χ2v) is 5.89. The first-order valence-corrected chi connectivity index (χ1v) is 6.38. The van der Waals surface area contributed by atoms with Crippen molar-refractivity contribution in [3.63, 3.8) is 0 Å². The smallest absolute Gasteiger partial charge is 0.370 e. The first-order chi connectivity index (χ1) is 8.73. The van der Waals surface area contributed by atoms with Gasteiger partial charge in [-0.2, -0.15) is 13.2 Å². The van der Waals surface area contributed by atoms with E-state index in [0.29, 0.717) is 18.7 Å². The molecule has 0 aromatic heterocycles. The summed E-state index contributed by atoms with van der Waals surface area (Å²) in [5.74, 6) is 0. The topological polar surface area (TPSA) is 29.3 Å². The zero-order chi connectivity index (χ0) is 14.3. The first-order valence-electron chi connectivity index (χ1n) is 6.38. The average molecular weight is 272 g/mol. The Morgan fingerprint density at radius 2 is 2.00 bits per heavy atom. The zero-order valence-electron chi connectivity index (χ0n) is 11.2. The molecule has 0 aliphatic carbocycles. The van der Waals surface area contributed by atoms with Gasteiger partial charge < -0.3 is 10.6 Å². The molecule has 19 heavy (non-hydrogen) atoms. The van der Waals surface area contributed by atoms with Gasteiger partial charge in [-0.05, 0) is 29.5 Å². The van der Waals surface area contributed by atoms with Crippen LogP contribution in [0.1, 0.15) is 31.4 Å². The molecule has 0 spiro atoms. The van der Waals surface area contributed by atoms with Crippen LogP contribution in [0.5, 0.6) is 0 Å². The molecule has 0 radical (unpaired) electrons. The Bertz CT molecular complexity index is 466. The number of halogens is 3. The van der Waals surface area contributed by atoms with Gasteiger partial charge in [0.2, 0.25) is 0 Å². The van der Waals surface area contributed by atoms with Gasteiger partial charge in [-0.25, -0.2) is 0 Å². The number of anilines is 1. The minimum Gasteiger partial charge on any atom is -0.370 e. The predicted octanol–water partition coefficient (Wildman–Crippen LogP) is 3.40. The molecule has 5 heteroatoms. The highest BCUT2D eigenvalue weighted by Gasteiger charge is 2.38. The molecular formula is C14H19F3N2. The summed E-state index contributed by atoms with van der Waals surface area (Å²) in [5.41, 5.74) is 5.70. The molecule has 106 valence electrons. The lowest BCUT2D eigenvalue weighted by molar-refractivity contribution is -0.137. The van der Waals surface area contributed by atoms with Crippen LogP contribution in [0.3, 0.4) is 0 Å². The van der Waals surface area contributed by atoms with E-state index in [1.165, 1.54) is 6.07 Å². The Kier molecular flexibility index (Phi) is 3.51. The number of nitrogens with zero attached hydrogens (tertiary/aromatic N) is 1. The van der Waals surface area contributed by atoms with E-state index in [4.69, 9.17) is 5.73 Å². The van der Waals surface area contributed by atoms with Crippen molar-refractivity contribution in [1.29, 1.82) is 0 Å². The Morgan fingerprint density at radius 1 is 1.32 bits per heavy atom. The number of hydrogen-bond acceptors (Lipinski definition) is 2. The van der Waals surface area contributed by atoms with Crippen LogP contribution in [0.15, 0.2) is 18.2 Å². The quantitative estimate of drug-likeness (QED) is 0.894. The molecule has 2 rings (SSSR count). The van der Waals surface area contributed by atoms with Gasteiger partial charge in [0.1, 0.15) is 0 Å². The minimum atomic E-state index is -4.34. The number of alkyl halides is 3. The lowest BCUT2D eigenvalue weighted by Crippen LogP contribution is -2.25. The third-order valence-corrected chi connectivity index (χ3v) is 3.62. The van der Waals surface area contributed by atoms with Gasteiger partial charge in [-0.3, -0.25) is 0 Å². The summed E-state index contributed by atoms with van der Waals surface area (Å²) in [5, 5.41) is 0. The van der Waals surface area contributed by atoms with Crippen LogP contribution in [-0.4, -0.2) is 13.1 Å². The molecule has 2 N–H and O–H groups in total. The minimum absolute atomic E-state index is 0.0649. The van der Waals surface area contributed by atoms with Crippen LogP contribution in [0.25, 0.3) is 0 Å². The second-order valence-electron chi connectivity index (χ2n) is 5.89. The van der Waals surface area contributed by atoms with Gasteiger partial charge in [-0.1, -0.05) is 19.9 Å². The number of hydrogen-bond donors (Lipinski definition) is 1. The van der Waals surface area contributed by atoms with E-state index in [1.807, 2.05) is 4.90 Å². The van der Waals surface area contributed by atoms with Crippen molar-refractivity contribution in [3.8, 4) is 0 Å². The van der Waals surface area contributed by atoms with Crippen LogP contribution in [0.4, 0.5) is 18.9 Å². The molecule has 1 heterocycles. The predicted molar refractivity (Wildman–Crippen MR) is 69.9 cm³/mol. The van der Waals surface area contributed by atoms with Crippen molar-refractivity contribution in [2.24, 2.45) is 11.1 Å². The molecule has 2 nitrogen and oxygen atoms in total. The van der Waals surface area contributed by atoms with Crippen LogP contribution in [0, 0.1) is 5.41 Å². The van der Waals surface area contributed by atoms with Crippen LogP contribution in [-0.2, 0) is 12.7 Å². The molecule has 1 aromatic rings. The third-order valence-electron chi connectivity index (χ3n) is 3.62. The van der Waals surface area contributed by atoms with E-state index in [9.17, 15) is 13.2 Å². The summed E-state index contributed by atoms with van der Waals surface area (Å²) in [6.45, 7) is 5.59. The molecular weight excluding hydrogens is 253 g/mol. The maximum absolute atomic E-state index is 13.1. The summed E-state index contributed by atoms with van der Waals surface area (Å²) >= 11 is 0. The van der Waals surface area contributed by atoms with E-state index < -0.39 is 11.7 Å². The molecule has 1 aromatic carbocycles. The lowest BCUT2D eigenvalue weighted by Gasteiger charge is -2.25. The second kappa shape index (κ2) is 4.71. The molecule has 0 saturated carbocycles. The highest BCUT2D eigenvalue weighted by atomic mass is 19.4. The van der Waals surface area contributed by atoms with E-state index in [-0.39, 0.29) is 17.6 Å². The molecule has 1 saturated heterocycles. The van der Waals surface area contributed by atoms with Gasteiger partial charge in [0.25, 0.3) is 0 Å². The van der Waals surface area contributed by atoms with Gasteiger partial charge in [-0.15, -0.1) is 0 Å². The van der Waals surface area contributed by atoms with E-state index in [0.717, 1.165) is 6.42 Å². The fourth-order valence-electron chi connectivity index (χ4n) is 2.53. The lowest BCUT2D eigenvalue weighted by atomic mass is 9.93. The normalized spacial score (nSPS) is 18.9. The SMILES string of the molecule is CC1(C)CCN(c2ccc(CN)cc2C(F)(F)F)C1. The van der Waals surface area contributed by atoms with Crippen molar-refractivity contribution >= 4 is 5.69 Å². The summed E-state index contributed by atoms with van der Waals surface area (Å²) < 4.78 is 39.4. The van der Waals surface area contributed by atoms with Gasteiger partial charge in [0, 0.05) is 25.3 Å². The largest absolute Gasteiger partial charge is 0.418 e. The van der Waals surface area contributed by atoms with Gasteiger partial charge >= 0.3 is 6.18 Å². The molecule has 0 amide bonds. The molecule has 1 fully saturated rings. The standard InChI is InChI=1S/C14H19F3N2/c1-13(2)5-6-19(9-13)12-4-3-10(8-18)7-11(12)14(15,16)17/h3-4,7H,5-6,8-9,18H2,1-2H3. The van der Waals surface area contributed by atoms with Crippen LogP contribution >= 0.6 is 0 Å². The number of rotatable bonds is 2. The Labute approximate surface area is 111 Å². The molecule has 1 aliphatic rings. The van der Waals surface area contributed by atoms with Gasteiger partial charge in [0.15, 0.2) is 0 Å². The van der Waals surface area contributed by atoms with Crippen molar-refractivity contribution < 1.29 is 13.2 Å². The van der Waals surface area contributed by atoms with Crippen molar-refractivity contribution in [2.75, 3.05) is 18.0 Å². The van der Waals surface area contributed by atoms with Crippen LogP contribution in [0.2, 0.25) is 0 Å². The molecule has 0 atom stereocenters. The molecule has 0 bridgehead atoms.